The molecular formula is C12H23NS. The van der Waals surface area contributed by atoms with Crippen LogP contribution >= 0.6 is 11.8 Å². The summed E-state index contributed by atoms with van der Waals surface area (Å²) in [5.41, 5.74) is 0. The molecule has 14 heavy (non-hydrogen) atoms. The first kappa shape index (κ1) is 10.8. The zero-order chi connectivity index (χ0) is 9.80. The third-order valence-electron chi connectivity index (χ3n) is 3.67. The molecule has 2 rings (SSSR count). The molecule has 0 spiro atoms. The van der Waals surface area contributed by atoms with E-state index in [0.717, 1.165) is 17.9 Å². The quantitative estimate of drug-likeness (QED) is 0.773. The van der Waals surface area contributed by atoms with E-state index >= 15 is 0 Å². The molecule has 1 N–H and O–H groups in total. The molecule has 2 heteroatoms. The summed E-state index contributed by atoms with van der Waals surface area (Å²) in [6.07, 6.45) is 7.26. The normalized spacial score (nSPS) is 38.8. The van der Waals surface area contributed by atoms with E-state index in [-0.39, 0.29) is 0 Å². The molecule has 0 aromatic heterocycles. The van der Waals surface area contributed by atoms with Gasteiger partial charge < -0.3 is 5.32 Å². The lowest BCUT2D eigenvalue weighted by molar-refractivity contribution is 0.269. The van der Waals surface area contributed by atoms with Gasteiger partial charge in [-0.3, -0.25) is 0 Å². The van der Waals surface area contributed by atoms with Crippen molar-refractivity contribution < 1.29 is 0 Å². The Labute approximate surface area is 92.4 Å². The van der Waals surface area contributed by atoms with Crippen molar-refractivity contribution in [1.82, 2.24) is 5.32 Å². The van der Waals surface area contributed by atoms with Gasteiger partial charge in [-0.15, -0.1) is 0 Å². The van der Waals surface area contributed by atoms with Crippen LogP contribution in [-0.2, 0) is 0 Å². The fourth-order valence-corrected chi connectivity index (χ4v) is 3.96. The van der Waals surface area contributed by atoms with Crippen molar-refractivity contribution in [3.8, 4) is 0 Å². The molecule has 0 radical (unpaired) electrons. The van der Waals surface area contributed by atoms with E-state index < -0.39 is 0 Å². The predicted molar refractivity (Wildman–Crippen MR) is 64.9 cm³/mol. The molecule has 2 fully saturated rings. The second-order valence-corrected chi connectivity index (χ2v) is 6.26. The Morgan fingerprint density at radius 1 is 1.29 bits per heavy atom. The minimum atomic E-state index is 0.831. The Balaban J connectivity index is 1.64. The van der Waals surface area contributed by atoms with Crippen LogP contribution in [0.5, 0.6) is 0 Å². The third-order valence-corrected chi connectivity index (χ3v) is 4.83. The molecule has 1 aliphatic carbocycles. The topological polar surface area (TPSA) is 12.0 Å². The van der Waals surface area contributed by atoms with Crippen LogP contribution in [-0.4, -0.2) is 24.1 Å². The largest absolute Gasteiger partial charge is 0.313 e. The summed E-state index contributed by atoms with van der Waals surface area (Å²) >= 11 is 2.11. The van der Waals surface area contributed by atoms with Gasteiger partial charge in [0.15, 0.2) is 0 Å². The summed E-state index contributed by atoms with van der Waals surface area (Å²) in [5.74, 6) is 4.68. The second kappa shape index (κ2) is 5.41. The molecule has 0 bridgehead atoms. The smallest absolute Gasteiger partial charge is 0.0166 e. The standard InChI is InChI=1S/C12H23NS/c1-10-3-2-4-11(7-10)8-13-12-5-6-14-9-12/h10-13H,2-9H2,1H3. The predicted octanol–water partition coefficient (Wildman–Crippen LogP) is 2.91. The molecule has 1 heterocycles. The molecule has 1 aliphatic heterocycles. The van der Waals surface area contributed by atoms with E-state index in [1.165, 1.54) is 50.2 Å². The Kier molecular flexibility index (Phi) is 4.18. The molecule has 1 saturated carbocycles. The Hall–Kier alpha value is 0.310. The van der Waals surface area contributed by atoms with Crippen LogP contribution in [0.4, 0.5) is 0 Å². The van der Waals surface area contributed by atoms with Crippen molar-refractivity contribution in [2.75, 3.05) is 18.1 Å². The third kappa shape index (κ3) is 3.16. The molecule has 3 atom stereocenters. The highest BCUT2D eigenvalue weighted by Crippen LogP contribution is 2.28. The first-order valence-electron chi connectivity index (χ1n) is 6.15. The molecular weight excluding hydrogens is 190 g/mol. The van der Waals surface area contributed by atoms with Gasteiger partial charge in [0, 0.05) is 11.8 Å². The zero-order valence-corrected chi connectivity index (χ0v) is 10.1. The molecule has 2 aliphatic rings. The van der Waals surface area contributed by atoms with E-state index in [0.29, 0.717) is 0 Å². The Bertz CT molecular complexity index is 166. The van der Waals surface area contributed by atoms with Crippen LogP contribution < -0.4 is 5.32 Å². The van der Waals surface area contributed by atoms with Crippen molar-refractivity contribution >= 4 is 11.8 Å². The van der Waals surface area contributed by atoms with Crippen molar-refractivity contribution in [1.29, 1.82) is 0 Å². The van der Waals surface area contributed by atoms with E-state index in [1.807, 2.05) is 0 Å². The lowest BCUT2D eigenvalue weighted by atomic mass is 9.82. The van der Waals surface area contributed by atoms with Crippen LogP contribution in [0.2, 0.25) is 0 Å². The lowest BCUT2D eigenvalue weighted by Crippen LogP contribution is -2.34. The van der Waals surface area contributed by atoms with Gasteiger partial charge >= 0.3 is 0 Å². The van der Waals surface area contributed by atoms with E-state index in [4.69, 9.17) is 0 Å². The van der Waals surface area contributed by atoms with E-state index in [2.05, 4.69) is 24.0 Å². The molecule has 1 saturated heterocycles. The first-order chi connectivity index (χ1) is 6.84. The fraction of sp³-hybridized carbons (Fsp3) is 1.00. The van der Waals surface area contributed by atoms with Crippen molar-refractivity contribution in [2.45, 2.75) is 45.1 Å². The number of nitrogens with one attached hydrogen (secondary N) is 1. The number of rotatable bonds is 3. The van der Waals surface area contributed by atoms with Crippen molar-refractivity contribution in [3.63, 3.8) is 0 Å². The summed E-state index contributed by atoms with van der Waals surface area (Å²) in [7, 11) is 0. The van der Waals surface area contributed by atoms with Gasteiger partial charge in [-0.1, -0.05) is 19.8 Å². The monoisotopic (exact) mass is 213 g/mol. The van der Waals surface area contributed by atoms with Gasteiger partial charge in [-0.2, -0.15) is 11.8 Å². The number of hydrogen-bond donors (Lipinski definition) is 1. The summed E-state index contributed by atoms with van der Waals surface area (Å²) < 4.78 is 0. The molecule has 3 unspecified atom stereocenters. The summed E-state index contributed by atoms with van der Waals surface area (Å²) in [6.45, 7) is 3.70. The highest BCUT2D eigenvalue weighted by molar-refractivity contribution is 7.99. The van der Waals surface area contributed by atoms with Crippen molar-refractivity contribution in [2.24, 2.45) is 11.8 Å². The van der Waals surface area contributed by atoms with Crippen LogP contribution in [0, 0.1) is 11.8 Å². The molecule has 1 nitrogen and oxygen atoms in total. The van der Waals surface area contributed by atoms with Crippen LogP contribution in [0.1, 0.15) is 39.0 Å². The summed E-state index contributed by atoms with van der Waals surface area (Å²) in [5, 5.41) is 3.75. The van der Waals surface area contributed by atoms with Gasteiger partial charge in [0.2, 0.25) is 0 Å². The van der Waals surface area contributed by atoms with Gasteiger partial charge in [-0.25, -0.2) is 0 Å². The maximum absolute atomic E-state index is 3.75. The SMILES string of the molecule is CC1CCCC(CNC2CCSC2)C1. The second-order valence-electron chi connectivity index (χ2n) is 5.11. The Morgan fingerprint density at radius 2 is 2.21 bits per heavy atom. The lowest BCUT2D eigenvalue weighted by Gasteiger charge is -2.27. The highest BCUT2D eigenvalue weighted by Gasteiger charge is 2.21. The summed E-state index contributed by atoms with van der Waals surface area (Å²) in [6, 6.07) is 0.831. The number of thioether (sulfide) groups is 1. The maximum atomic E-state index is 3.75. The van der Waals surface area contributed by atoms with Crippen LogP contribution in [0.3, 0.4) is 0 Å². The molecule has 82 valence electrons. The zero-order valence-electron chi connectivity index (χ0n) is 9.30. The van der Waals surface area contributed by atoms with Crippen molar-refractivity contribution in [3.05, 3.63) is 0 Å². The summed E-state index contributed by atoms with van der Waals surface area (Å²) in [4.78, 5) is 0. The average molecular weight is 213 g/mol. The molecule has 0 amide bonds. The Morgan fingerprint density at radius 3 is 2.93 bits per heavy atom. The van der Waals surface area contributed by atoms with E-state index in [9.17, 15) is 0 Å². The van der Waals surface area contributed by atoms with E-state index in [1.54, 1.807) is 0 Å². The minimum Gasteiger partial charge on any atom is -0.313 e. The average Bonchev–Trinajstić information content (AvgIpc) is 2.67. The van der Waals surface area contributed by atoms with Crippen LogP contribution in [0.15, 0.2) is 0 Å². The number of hydrogen-bond acceptors (Lipinski definition) is 2. The van der Waals surface area contributed by atoms with Crippen LogP contribution in [0.25, 0.3) is 0 Å². The molecule has 0 aromatic carbocycles. The van der Waals surface area contributed by atoms with Gasteiger partial charge in [0.25, 0.3) is 0 Å². The van der Waals surface area contributed by atoms with Gasteiger partial charge in [0.1, 0.15) is 0 Å². The highest BCUT2D eigenvalue weighted by atomic mass is 32.2. The van der Waals surface area contributed by atoms with Gasteiger partial charge in [-0.05, 0) is 43.4 Å². The molecule has 0 aromatic rings. The fourth-order valence-electron chi connectivity index (χ4n) is 2.77. The maximum Gasteiger partial charge on any atom is 0.0166 e. The van der Waals surface area contributed by atoms with Gasteiger partial charge in [0.05, 0.1) is 0 Å². The first-order valence-corrected chi connectivity index (χ1v) is 7.31. The minimum absolute atomic E-state index is 0.831.